The number of Topliss-reactive ketones (excluding diaryl/α,β-unsaturated/α-hetero) is 1. The Morgan fingerprint density at radius 2 is 1.56 bits per heavy atom. The van der Waals surface area contributed by atoms with E-state index in [-0.39, 0.29) is 16.6 Å². The fraction of sp³-hybridized carbons (Fsp3) is 0.290. The van der Waals surface area contributed by atoms with Crippen LogP contribution in [-0.2, 0) is 11.4 Å². The number of carbonyl (C=O) groups is 2. The molecule has 3 nitrogen and oxygen atoms in total. The summed E-state index contributed by atoms with van der Waals surface area (Å²) in [4.78, 5) is 25.6. The van der Waals surface area contributed by atoms with E-state index in [1.165, 1.54) is 0 Å². The molecule has 0 N–H and O–H groups in total. The number of carbonyl (C=O) groups excluding carboxylic acids is 2. The molecule has 2 fully saturated rings. The summed E-state index contributed by atoms with van der Waals surface area (Å²) in [6.45, 7) is 7.07. The molecule has 34 heavy (non-hydrogen) atoms. The third-order valence-electron chi connectivity index (χ3n) is 8.22. The van der Waals surface area contributed by atoms with E-state index < -0.39 is 0 Å². The van der Waals surface area contributed by atoms with Gasteiger partial charge in [0.15, 0.2) is 11.6 Å². The standard InChI is InChI=1S/C31H30O3/c1-30(2)27-17-18-31(30,3)29(33)26(27)19-21-9-11-22(12-10-21)20-34-25-15-13-24(14-16-25)28(32)23-7-5-4-6-8-23/h4-16,19,27H,17-18,20H2,1-3H3. The molecule has 0 saturated heterocycles. The fourth-order valence-electron chi connectivity index (χ4n) is 5.61. The van der Waals surface area contributed by atoms with Crippen molar-refractivity contribution >= 4 is 17.6 Å². The van der Waals surface area contributed by atoms with Crippen LogP contribution in [0.5, 0.6) is 5.75 Å². The van der Waals surface area contributed by atoms with Crippen LogP contribution in [-0.4, -0.2) is 11.6 Å². The average Bonchev–Trinajstić information content (AvgIpc) is 3.17. The first-order valence-electron chi connectivity index (χ1n) is 12.0. The summed E-state index contributed by atoms with van der Waals surface area (Å²) >= 11 is 0. The van der Waals surface area contributed by atoms with Crippen LogP contribution >= 0.6 is 0 Å². The Balaban J connectivity index is 1.22. The minimum Gasteiger partial charge on any atom is -0.489 e. The highest BCUT2D eigenvalue weighted by atomic mass is 16.5. The highest BCUT2D eigenvalue weighted by Crippen LogP contribution is 2.65. The molecular weight excluding hydrogens is 420 g/mol. The smallest absolute Gasteiger partial charge is 0.193 e. The predicted molar refractivity (Wildman–Crippen MR) is 135 cm³/mol. The van der Waals surface area contributed by atoms with E-state index in [1.807, 2.05) is 54.6 Å². The molecule has 0 amide bonds. The molecule has 0 radical (unpaired) electrons. The number of rotatable bonds is 6. The summed E-state index contributed by atoms with van der Waals surface area (Å²) in [5, 5.41) is 0. The van der Waals surface area contributed by atoms with Crippen LogP contribution < -0.4 is 4.74 Å². The van der Waals surface area contributed by atoms with Crippen molar-refractivity contribution in [1.82, 2.24) is 0 Å². The zero-order valence-corrected chi connectivity index (χ0v) is 20.0. The third-order valence-corrected chi connectivity index (χ3v) is 8.22. The van der Waals surface area contributed by atoms with Crippen molar-refractivity contribution in [3.63, 3.8) is 0 Å². The number of ketones is 2. The van der Waals surface area contributed by atoms with Crippen molar-refractivity contribution < 1.29 is 14.3 Å². The number of ether oxygens (including phenoxy) is 1. The molecule has 172 valence electrons. The zero-order valence-electron chi connectivity index (χ0n) is 20.0. The number of hydrogen-bond donors (Lipinski definition) is 0. The molecular formula is C31H30O3. The van der Waals surface area contributed by atoms with Crippen molar-refractivity contribution in [3.8, 4) is 5.75 Å². The molecule has 0 heterocycles. The summed E-state index contributed by atoms with van der Waals surface area (Å²) in [6.07, 6.45) is 4.19. The Morgan fingerprint density at radius 1 is 0.912 bits per heavy atom. The van der Waals surface area contributed by atoms with Crippen molar-refractivity contribution in [3.05, 3.63) is 107 Å². The highest BCUT2D eigenvalue weighted by Gasteiger charge is 2.63. The first-order chi connectivity index (χ1) is 16.3. The lowest BCUT2D eigenvalue weighted by molar-refractivity contribution is -0.125. The first-order valence-corrected chi connectivity index (χ1v) is 12.0. The Hall–Kier alpha value is -3.46. The van der Waals surface area contributed by atoms with Crippen molar-refractivity contribution in [2.75, 3.05) is 0 Å². The predicted octanol–water partition coefficient (Wildman–Crippen LogP) is 6.91. The monoisotopic (exact) mass is 450 g/mol. The summed E-state index contributed by atoms with van der Waals surface area (Å²) in [5.41, 5.74) is 4.23. The Bertz CT molecular complexity index is 1250. The van der Waals surface area contributed by atoms with E-state index in [1.54, 1.807) is 12.1 Å². The van der Waals surface area contributed by atoms with Gasteiger partial charge in [0.05, 0.1) is 0 Å². The lowest BCUT2D eigenvalue weighted by Crippen LogP contribution is -2.32. The van der Waals surface area contributed by atoms with E-state index in [4.69, 9.17) is 4.74 Å². The topological polar surface area (TPSA) is 43.4 Å². The molecule has 2 unspecified atom stereocenters. The Kier molecular flexibility index (Phi) is 5.51. The molecule has 3 aromatic carbocycles. The quantitative estimate of drug-likeness (QED) is 0.303. The van der Waals surface area contributed by atoms with E-state index in [9.17, 15) is 9.59 Å². The molecule has 2 saturated carbocycles. The average molecular weight is 451 g/mol. The van der Waals surface area contributed by atoms with Gasteiger partial charge in [-0.05, 0) is 71.2 Å². The van der Waals surface area contributed by atoms with Crippen LogP contribution in [0.1, 0.15) is 60.7 Å². The minimum atomic E-state index is -0.224. The molecule has 3 heteroatoms. The maximum absolute atomic E-state index is 13.1. The van der Waals surface area contributed by atoms with Crippen LogP contribution in [0, 0.1) is 16.7 Å². The van der Waals surface area contributed by atoms with E-state index in [0.717, 1.165) is 35.3 Å². The van der Waals surface area contributed by atoms with Gasteiger partial charge in [0, 0.05) is 16.5 Å². The zero-order chi connectivity index (χ0) is 23.9. The minimum absolute atomic E-state index is 0.00297. The second kappa shape index (κ2) is 8.39. The van der Waals surface area contributed by atoms with Crippen molar-refractivity contribution in [2.24, 2.45) is 16.7 Å². The van der Waals surface area contributed by atoms with Gasteiger partial charge in [-0.15, -0.1) is 0 Å². The number of benzene rings is 3. The summed E-state index contributed by atoms with van der Waals surface area (Å²) in [7, 11) is 0. The van der Waals surface area contributed by atoms with Gasteiger partial charge in [-0.3, -0.25) is 9.59 Å². The van der Waals surface area contributed by atoms with Gasteiger partial charge < -0.3 is 4.74 Å². The summed E-state index contributed by atoms with van der Waals surface area (Å²) in [6, 6.07) is 24.7. The van der Waals surface area contributed by atoms with Crippen LogP contribution in [0.15, 0.2) is 84.4 Å². The fourth-order valence-corrected chi connectivity index (χ4v) is 5.61. The Morgan fingerprint density at radius 3 is 2.18 bits per heavy atom. The molecule has 2 atom stereocenters. The number of fused-ring (bicyclic) bond motifs is 2. The molecule has 2 aliphatic carbocycles. The molecule has 3 aromatic rings. The largest absolute Gasteiger partial charge is 0.489 e. The van der Waals surface area contributed by atoms with Gasteiger partial charge in [-0.1, -0.05) is 75.4 Å². The van der Waals surface area contributed by atoms with Crippen LogP contribution in [0.25, 0.3) is 6.08 Å². The highest BCUT2D eigenvalue weighted by molar-refractivity contribution is 6.09. The van der Waals surface area contributed by atoms with Crippen LogP contribution in [0.3, 0.4) is 0 Å². The van der Waals surface area contributed by atoms with Gasteiger partial charge in [0.25, 0.3) is 0 Å². The molecule has 2 aliphatic rings. The Labute approximate surface area is 201 Å². The third kappa shape index (κ3) is 3.69. The first kappa shape index (κ1) is 22.3. The molecule has 0 aliphatic heterocycles. The number of allylic oxidation sites excluding steroid dienone is 1. The van der Waals surface area contributed by atoms with Gasteiger partial charge in [0.2, 0.25) is 0 Å². The lowest BCUT2D eigenvalue weighted by Gasteiger charge is -2.31. The summed E-state index contributed by atoms with van der Waals surface area (Å²) < 4.78 is 5.92. The molecule has 5 rings (SSSR count). The van der Waals surface area contributed by atoms with Crippen molar-refractivity contribution in [2.45, 2.75) is 40.2 Å². The van der Waals surface area contributed by atoms with Gasteiger partial charge in [-0.2, -0.15) is 0 Å². The maximum atomic E-state index is 13.1. The second-order valence-electron chi connectivity index (χ2n) is 10.3. The van der Waals surface area contributed by atoms with E-state index in [0.29, 0.717) is 29.4 Å². The van der Waals surface area contributed by atoms with Crippen LogP contribution in [0.2, 0.25) is 0 Å². The van der Waals surface area contributed by atoms with Gasteiger partial charge in [-0.25, -0.2) is 0 Å². The van der Waals surface area contributed by atoms with Crippen molar-refractivity contribution in [1.29, 1.82) is 0 Å². The van der Waals surface area contributed by atoms with Crippen LogP contribution in [0.4, 0.5) is 0 Å². The maximum Gasteiger partial charge on any atom is 0.193 e. The summed E-state index contributed by atoms with van der Waals surface area (Å²) in [5.74, 6) is 1.40. The van der Waals surface area contributed by atoms with E-state index >= 15 is 0 Å². The van der Waals surface area contributed by atoms with Gasteiger partial charge >= 0.3 is 0 Å². The second-order valence-corrected chi connectivity index (χ2v) is 10.3. The van der Waals surface area contributed by atoms with Gasteiger partial charge in [0.1, 0.15) is 12.4 Å². The molecule has 0 aromatic heterocycles. The normalized spacial score (nSPS) is 23.9. The molecule has 2 bridgehead atoms. The SMILES string of the molecule is CC12CCC(C(=Cc3ccc(COc4ccc(C(=O)c5ccccc5)cc4)cc3)C1=O)C2(C)C. The van der Waals surface area contributed by atoms with E-state index in [2.05, 4.69) is 39.0 Å². The molecule has 0 spiro atoms. The number of hydrogen-bond acceptors (Lipinski definition) is 3. The lowest BCUT2D eigenvalue weighted by atomic mass is 9.70.